The summed E-state index contributed by atoms with van der Waals surface area (Å²) in [5.74, 6) is 1.47. The number of hydrogen-bond acceptors (Lipinski definition) is 6. The van der Waals surface area contributed by atoms with E-state index in [-0.39, 0.29) is 16.7 Å². The number of carbonyl (C=O) groups excluding carboxylic acids is 1. The molecular formula is C25H33N3O5S. The van der Waals surface area contributed by atoms with Gasteiger partial charge in [-0.3, -0.25) is 4.79 Å². The Labute approximate surface area is 202 Å². The topological polar surface area (TPSA) is 79.4 Å². The summed E-state index contributed by atoms with van der Waals surface area (Å²) in [6.07, 6.45) is 2.00. The highest BCUT2D eigenvalue weighted by Crippen LogP contribution is 2.27. The fraction of sp³-hybridized carbons (Fsp3) is 0.480. The first-order valence-corrected chi connectivity index (χ1v) is 13.2. The molecule has 0 unspecified atom stereocenters. The summed E-state index contributed by atoms with van der Waals surface area (Å²) >= 11 is 0. The summed E-state index contributed by atoms with van der Waals surface area (Å²) in [5, 5.41) is 0. The largest absolute Gasteiger partial charge is 0.497 e. The number of benzene rings is 2. The van der Waals surface area contributed by atoms with E-state index >= 15 is 0 Å². The van der Waals surface area contributed by atoms with Crippen molar-refractivity contribution in [1.82, 2.24) is 9.21 Å². The number of carbonyl (C=O) groups is 1. The van der Waals surface area contributed by atoms with E-state index in [1.165, 1.54) is 4.31 Å². The smallest absolute Gasteiger partial charge is 0.243 e. The minimum Gasteiger partial charge on any atom is -0.497 e. The van der Waals surface area contributed by atoms with Crippen LogP contribution in [0, 0.1) is 5.92 Å². The molecule has 0 spiro atoms. The molecule has 9 heteroatoms. The molecular weight excluding hydrogens is 454 g/mol. The quantitative estimate of drug-likeness (QED) is 0.624. The van der Waals surface area contributed by atoms with E-state index in [4.69, 9.17) is 9.47 Å². The normalized spacial score (nSPS) is 18.4. The van der Waals surface area contributed by atoms with Crippen molar-refractivity contribution >= 4 is 21.6 Å². The number of sulfonamides is 1. The molecule has 0 aromatic heterocycles. The predicted molar refractivity (Wildman–Crippen MR) is 131 cm³/mol. The van der Waals surface area contributed by atoms with Crippen molar-refractivity contribution < 1.29 is 22.7 Å². The van der Waals surface area contributed by atoms with Crippen LogP contribution in [0.5, 0.6) is 11.5 Å². The van der Waals surface area contributed by atoms with Gasteiger partial charge in [-0.25, -0.2) is 8.42 Å². The number of anilines is 1. The zero-order chi connectivity index (χ0) is 24.1. The fourth-order valence-corrected chi connectivity index (χ4v) is 6.16. The Bertz CT molecular complexity index is 1060. The molecule has 0 saturated carbocycles. The molecule has 184 valence electrons. The van der Waals surface area contributed by atoms with Crippen LogP contribution in [0.15, 0.2) is 53.4 Å². The van der Waals surface area contributed by atoms with Gasteiger partial charge < -0.3 is 19.3 Å². The van der Waals surface area contributed by atoms with Crippen molar-refractivity contribution in [1.29, 1.82) is 0 Å². The van der Waals surface area contributed by atoms with Crippen molar-refractivity contribution in [3.8, 4) is 11.5 Å². The highest BCUT2D eigenvalue weighted by atomic mass is 32.2. The van der Waals surface area contributed by atoms with Crippen LogP contribution in [0.2, 0.25) is 0 Å². The van der Waals surface area contributed by atoms with Gasteiger partial charge in [0, 0.05) is 50.9 Å². The minimum atomic E-state index is -3.57. The minimum absolute atomic E-state index is 0.130. The third-order valence-electron chi connectivity index (χ3n) is 6.75. The van der Waals surface area contributed by atoms with Gasteiger partial charge in [-0.2, -0.15) is 4.31 Å². The fourth-order valence-electron chi connectivity index (χ4n) is 4.69. The Balaban J connectivity index is 1.32. The zero-order valence-corrected chi connectivity index (χ0v) is 20.7. The van der Waals surface area contributed by atoms with Crippen LogP contribution < -0.4 is 14.4 Å². The van der Waals surface area contributed by atoms with Gasteiger partial charge in [-0.1, -0.05) is 0 Å². The van der Waals surface area contributed by atoms with Crippen molar-refractivity contribution in [2.45, 2.75) is 24.2 Å². The Morgan fingerprint density at radius 1 is 0.794 bits per heavy atom. The van der Waals surface area contributed by atoms with E-state index in [0.717, 1.165) is 37.5 Å². The molecule has 0 radical (unpaired) electrons. The number of hydrogen-bond donors (Lipinski definition) is 0. The van der Waals surface area contributed by atoms with Crippen molar-refractivity contribution in [2.75, 3.05) is 58.4 Å². The van der Waals surface area contributed by atoms with Gasteiger partial charge in [0.25, 0.3) is 0 Å². The molecule has 0 aliphatic carbocycles. The Hall–Kier alpha value is -2.78. The highest BCUT2D eigenvalue weighted by molar-refractivity contribution is 7.89. The maximum absolute atomic E-state index is 13.2. The molecule has 0 atom stereocenters. The van der Waals surface area contributed by atoms with Crippen LogP contribution in [0.3, 0.4) is 0 Å². The van der Waals surface area contributed by atoms with Gasteiger partial charge in [-0.15, -0.1) is 0 Å². The lowest BCUT2D eigenvalue weighted by atomic mass is 9.96. The van der Waals surface area contributed by atoms with E-state index in [1.807, 2.05) is 17.0 Å². The third kappa shape index (κ3) is 5.31. The molecule has 34 heavy (non-hydrogen) atoms. The molecule has 2 fully saturated rings. The summed E-state index contributed by atoms with van der Waals surface area (Å²) in [4.78, 5) is 17.8. The number of ether oxygens (including phenoxy) is 2. The second-order valence-electron chi connectivity index (χ2n) is 8.72. The molecule has 2 aliphatic heterocycles. The summed E-state index contributed by atoms with van der Waals surface area (Å²) in [6, 6.07) is 14.4. The average molecular weight is 488 g/mol. The van der Waals surface area contributed by atoms with Crippen LogP contribution >= 0.6 is 0 Å². The maximum Gasteiger partial charge on any atom is 0.243 e. The predicted octanol–water partition coefficient (Wildman–Crippen LogP) is 2.84. The van der Waals surface area contributed by atoms with E-state index in [1.54, 1.807) is 38.5 Å². The highest BCUT2D eigenvalue weighted by Gasteiger charge is 2.34. The van der Waals surface area contributed by atoms with Crippen LogP contribution in [0.1, 0.15) is 19.3 Å². The van der Waals surface area contributed by atoms with E-state index in [0.29, 0.717) is 38.2 Å². The Kier molecular flexibility index (Phi) is 7.63. The number of piperidine rings is 1. The molecule has 2 saturated heterocycles. The number of rotatable bonds is 6. The van der Waals surface area contributed by atoms with Gasteiger partial charge in [0.15, 0.2) is 0 Å². The van der Waals surface area contributed by atoms with Gasteiger partial charge in [0.2, 0.25) is 15.9 Å². The summed E-state index contributed by atoms with van der Waals surface area (Å²) in [5.41, 5.74) is 1.13. The SMILES string of the molecule is COc1ccc(N2CCCN(C(=O)C3CCN(S(=O)(=O)c4ccc(OC)cc4)CC3)CC2)cc1. The van der Waals surface area contributed by atoms with Crippen molar-refractivity contribution in [3.05, 3.63) is 48.5 Å². The molecule has 2 aromatic rings. The lowest BCUT2D eigenvalue weighted by Gasteiger charge is -2.33. The zero-order valence-electron chi connectivity index (χ0n) is 19.9. The lowest BCUT2D eigenvalue weighted by molar-refractivity contribution is -0.136. The first-order valence-electron chi connectivity index (χ1n) is 11.7. The molecule has 0 bridgehead atoms. The summed E-state index contributed by atoms with van der Waals surface area (Å²) in [6.45, 7) is 3.80. The Morgan fingerprint density at radius 3 is 1.97 bits per heavy atom. The van der Waals surface area contributed by atoms with Gasteiger partial charge in [0.1, 0.15) is 11.5 Å². The summed E-state index contributed by atoms with van der Waals surface area (Å²) in [7, 11) is -0.369. The molecule has 2 aromatic carbocycles. The van der Waals surface area contributed by atoms with Gasteiger partial charge >= 0.3 is 0 Å². The van der Waals surface area contributed by atoms with E-state index < -0.39 is 10.0 Å². The first-order chi connectivity index (χ1) is 16.4. The molecule has 4 rings (SSSR count). The standard InChI is InChI=1S/C25H33N3O5S/c1-32-22-6-4-21(5-7-22)26-14-3-15-27(19-18-26)25(29)20-12-16-28(17-13-20)34(30,31)24-10-8-23(33-2)9-11-24/h4-11,20H,3,12-19H2,1-2H3. The molecule has 2 heterocycles. The van der Waals surface area contributed by atoms with Crippen LogP contribution in [0.4, 0.5) is 5.69 Å². The maximum atomic E-state index is 13.2. The second-order valence-corrected chi connectivity index (χ2v) is 10.7. The number of nitrogens with zero attached hydrogens (tertiary/aromatic N) is 3. The molecule has 2 aliphatic rings. The monoisotopic (exact) mass is 487 g/mol. The first kappa shape index (κ1) is 24.3. The van der Waals surface area contributed by atoms with Crippen LogP contribution in [-0.2, 0) is 14.8 Å². The molecule has 1 amide bonds. The number of amides is 1. The van der Waals surface area contributed by atoms with Crippen LogP contribution in [-0.4, -0.2) is 77.0 Å². The Morgan fingerprint density at radius 2 is 1.38 bits per heavy atom. The van der Waals surface area contributed by atoms with E-state index in [9.17, 15) is 13.2 Å². The third-order valence-corrected chi connectivity index (χ3v) is 8.66. The van der Waals surface area contributed by atoms with Crippen molar-refractivity contribution in [3.63, 3.8) is 0 Å². The lowest BCUT2D eigenvalue weighted by Crippen LogP contribution is -2.45. The molecule has 0 N–H and O–H groups in total. The average Bonchev–Trinajstić information content (AvgIpc) is 3.15. The van der Waals surface area contributed by atoms with Crippen LogP contribution in [0.25, 0.3) is 0 Å². The van der Waals surface area contributed by atoms with E-state index in [2.05, 4.69) is 17.0 Å². The summed E-state index contributed by atoms with van der Waals surface area (Å²) < 4.78 is 37.8. The van der Waals surface area contributed by atoms with Gasteiger partial charge in [0.05, 0.1) is 19.1 Å². The number of methoxy groups -OCH3 is 2. The van der Waals surface area contributed by atoms with Gasteiger partial charge in [-0.05, 0) is 67.8 Å². The second kappa shape index (κ2) is 10.7. The molecule has 8 nitrogen and oxygen atoms in total. The van der Waals surface area contributed by atoms with Crippen molar-refractivity contribution in [2.24, 2.45) is 5.92 Å².